The smallest absolute Gasteiger partial charge is 0.425 e. The van der Waals surface area contributed by atoms with Crippen LogP contribution in [-0.4, -0.2) is 79.5 Å². The molecular formula is C37H52N8O4S3. The molecule has 2 saturated heterocycles. The van der Waals surface area contributed by atoms with E-state index in [9.17, 15) is 14.4 Å². The Morgan fingerprint density at radius 2 is 1.23 bits per heavy atom. The van der Waals surface area contributed by atoms with Crippen LogP contribution in [0.2, 0.25) is 0 Å². The van der Waals surface area contributed by atoms with Crippen molar-refractivity contribution in [2.24, 2.45) is 11.8 Å². The summed E-state index contributed by atoms with van der Waals surface area (Å²) in [4.78, 5) is 58.1. The van der Waals surface area contributed by atoms with E-state index in [0.29, 0.717) is 24.8 Å². The van der Waals surface area contributed by atoms with Crippen molar-refractivity contribution in [3.05, 3.63) is 72.6 Å². The van der Waals surface area contributed by atoms with Crippen molar-refractivity contribution in [2.75, 3.05) is 26.7 Å². The van der Waals surface area contributed by atoms with Gasteiger partial charge in [-0.1, -0.05) is 69.3 Å². The number of benzene rings is 2. The van der Waals surface area contributed by atoms with Gasteiger partial charge in [-0.2, -0.15) is 40.5 Å². The summed E-state index contributed by atoms with van der Waals surface area (Å²) >= 11 is 0. The van der Waals surface area contributed by atoms with Crippen LogP contribution in [0.15, 0.2) is 60.9 Å². The molecule has 4 aromatic rings. The first-order valence-corrected chi connectivity index (χ1v) is 17.2. The van der Waals surface area contributed by atoms with Crippen molar-refractivity contribution < 1.29 is 19.1 Å². The standard InChI is InChI=1S/C37H46N8O4.3H2S/c1-6-45(42-36(47)49-5)37(48)44-20-8-10-32(44)34-39-22-30(41-34)28-17-13-26(14-18-28)25-11-15-27(16-12-25)29-21-38-33(40-29)31-9-7-19-43(31)35(46)24(4)23(2)3;;;/h11-18,21-24,31-32H,6-10,19-20H2,1-5H3,(H,38,40)(H,39,41)(H,42,47);3*1H2/t24-,31-,32-;;;/m0.../s1. The highest BCUT2D eigenvalue weighted by Crippen LogP contribution is 2.35. The van der Waals surface area contributed by atoms with Crippen molar-refractivity contribution >= 4 is 58.5 Å². The zero-order valence-electron chi connectivity index (χ0n) is 30.4. The number of hydrazine groups is 1. The summed E-state index contributed by atoms with van der Waals surface area (Å²) in [5.41, 5.74) is 8.50. The number of nitrogens with zero attached hydrogens (tertiary/aromatic N) is 5. The zero-order valence-corrected chi connectivity index (χ0v) is 33.4. The van der Waals surface area contributed by atoms with E-state index >= 15 is 0 Å². The Bertz CT molecular complexity index is 1780. The molecule has 2 aliphatic heterocycles. The predicted molar refractivity (Wildman–Crippen MR) is 218 cm³/mol. The van der Waals surface area contributed by atoms with Gasteiger partial charge >= 0.3 is 12.1 Å². The molecule has 0 radical (unpaired) electrons. The van der Waals surface area contributed by atoms with Crippen LogP contribution in [-0.2, 0) is 9.53 Å². The normalized spacial score (nSPS) is 17.1. The highest BCUT2D eigenvalue weighted by Gasteiger charge is 2.36. The van der Waals surface area contributed by atoms with Gasteiger partial charge in [-0.05, 0) is 60.8 Å². The number of aromatic nitrogens is 4. The fraction of sp³-hybridized carbons (Fsp3) is 0.432. The minimum absolute atomic E-state index is 0. The van der Waals surface area contributed by atoms with E-state index in [4.69, 9.17) is 4.98 Å². The van der Waals surface area contributed by atoms with Gasteiger partial charge < -0.3 is 24.5 Å². The third-order valence-electron chi connectivity index (χ3n) is 9.93. The molecule has 2 aromatic carbocycles. The van der Waals surface area contributed by atoms with Crippen LogP contribution in [0, 0.1) is 11.8 Å². The molecule has 282 valence electrons. The van der Waals surface area contributed by atoms with Crippen molar-refractivity contribution in [2.45, 2.75) is 65.5 Å². The Morgan fingerprint density at radius 1 is 0.788 bits per heavy atom. The fourth-order valence-electron chi connectivity index (χ4n) is 6.70. The lowest BCUT2D eigenvalue weighted by atomic mass is 9.96. The second-order valence-electron chi connectivity index (χ2n) is 13.2. The van der Waals surface area contributed by atoms with Gasteiger partial charge in [-0.25, -0.2) is 30.0 Å². The number of urea groups is 1. The molecule has 0 unspecified atom stereocenters. The first-order chi connectivity index (χ1) is 23.7. The average molecular weight is 769 g/mol. The van der Waals surface area contributed by atoms with Crippen LogP contribution in [0.3, 0.4) is 0 Å². The van der Waals surface area contributed by atoms with Gasteiger partial charge in [0.05, 0.1) is 43.0 Å². The second kappa shape index (κ2) is 18.6. The number of carbonyl (C=O) groups excluding carboxylic acids is 3. The molecule has 3 N–H and O–H groups in total. The maximum Gasteiger partial charge on any atom is 0.425 e. The first kappa shape index (κ1) is 42.3. The molecule has 15 heteroatoms. The average Bonchev–Trinajstić information content (AvgIpc) is 3.96. The number of hydrogen-bond donors (Lipinski definition) is 3. The van der Waals surface area contributed by atoms with E-state index in [1.165, 1.54) is 12.1 Å². The van der Waals surface area contributed by atoms with Gasteiger partial charge in [0.2, 0.25) is 5.91 Å². The number of ether oxygens (including phenoxy) is 1. The summed E-state index contributed by atoms with van der Waals surface area (Å²) in [5, 5.41) is 1.26. The molecule has 2 aromatic heterocycles. The number of nitrogens with one attached hydrogen (secondary N) is 3. The minimum atomic E-state index is -0.685. The number of H-pyrrole nitrogens is 2. The van der Waals surface area contributed by atoms with Crippen LogP contribution in [0.1, 0.15) is 77.1 Å². The van der Waals surface area contributed by atoms with E-state index in [2.05, 4.69) is 87.5 Å². The van der Waals surface area contributed by atoms with Gasteiger partial charge in [0, 0.05) is 25.6 Å². The third-order valence-corrected chi connectivity index (χ3v) is 9.93. The molecule has 4 amide bonds. The molecule has 0 spiro atoms. The lowest BCUT2D eigenvalue weighted by Crippen LogP contribution is -2.51. The number of methoxy groups -OCH3 is 1. The summed E-state index contributed by atoms with van der Waals surface area (Å²) in [6.07, 6.45) is 6.51. The van der Waals surface area contributed by atoms with E-state index < -0.39 is 6.09 Å². The Balaban J connectivity index is 0.00000243. The van der Waals surface area contributed by atoms with E-state index in [1.54, 1.807) is 18.0 Å². The van der Waals surface area contributed by atoms with Crippen LogP contribution in [0.25, 0.3) is 33.6 Å². The maximum atomic E-state index is 13.2. The molecule has 52 heavy (non-hydrogen) atoms. The number of amides is 4. The Kier molecular flexibility index (Phi) is 15.1. The molecule has 6 rings (SSSR count). The summed E-state index contributed by atoms with van der Waals surface area (Å²) in [7, 11) is 1.26. The van der Waals surface area contributed by atoms with Crippen molar-refractivity contribution in [1.82, 2.24) is 40.2 Å². The summed E-state index contributed by atoms with van der Waals surface area (Å²) in [5.74, 6) is 2.07. The fourth-order valence-corrected chi connectivity index (χ4v) is 6.70. The van der Waals surface area contributed by atoms with Crippen molar-refractivity contribution in [3.8, 4) is 33.6 Å². The number of likely N-dealkylation sites (tertiary alicyclic amines) is 2. The van der Waals surface area contributed by atoms with Crippen LogP contribution < -0.4 is 5.43 Å². The molecule has 3 atom stereocenters. The number of imidazole rings is 2. The summed E-state index contributed by atoms with van der Waals surface area (Å²) < 4.78 is 4.66. The Hall–Kier alpha value is -4.08. The third kappa shape index (κ3) is 8.92. The minimum Gasteiger partial charge on any atom is -0.452 e. The summed E-state index contributed by atoms with van der Waals surface area (Å²) in [6, 6.07) is 16.2. The van der Waals surface area contributed by atoms with Gasteiger partial charge in [-0.15, -0.1) is 0 Å². The number of hydrogen-bond acceptors (Lipinski definition) is 6. The quantitative estimate of drug-likeness (QED) is 0.161. The van der Waals surface area contributed by atoms with Gasteiger partial charge in [0.15, 0.2) is 0 Å². The molecule has 0 bridgehead atoms. The molecule has 4 heterocycles. The molecule has 2 fully saturated rings. The molecule has 2 aliphatic rings. The molecular weight excluding hydrogens is 717 g/mol. The Labute approximate surface area is 326 Å². The zero-order chi connectivity index (χ0) is 34.7. The Morgan fingerprint density at radius 3 is 1.67 bits per heavy atom. The topological polar surface area (TPSA) is 140 Å². The second-order valence-corrected chi connectivity index (χ2v) is 13.2. The molecule has 0 saturated carbocycles. The van der Waals surface area contributed by atoms with Gasteiger partial charge in [0.1, 0.15) is 11.6 Å². The monoisotopic (exact) mass is 768 g/mol. The summed E-state index contributed by atoms with van der Waals surface area (Å²) in [6.45, 7) is 9.66. The lowest BCUT2D eigenvalue weighted by Gasteiger charge is -2.30. The predicted octanol–water partition coefficient (Wildman–Crippen LogP) is 7.28. The SMILES string of the molecule is CCN(NC(=O)OC)C(=O)N1CCC[C@H]1c1ncc(-c2ccc(-c3ccc(-c4cnc([C@@H]5CCCN5C(=O)[C@@H](C)C(C)C)[nH]4)cc3)cc2)[nH]1.S.S.S. The highest BCUT2D eigenvalue weighted by atomic mass is 32.1. The highest BCUT2D eigenvalue weighted by molar-refractivity contribution is 7.59. The number of aromatic amines is 2. The number of carbonyl (C=O) groups is 3. The van der Waals surface area contributed by atoms with Crippen molar-refractivity contribution in [1.29, 1.82) is 0 Å². The molecule has 0 aliphatic carbocycles. The number of rotatable bonds is 8. The van der Waals surface area contributed by atoms with E-state index in [1.807, 2.05) is 18.0 Å². The van der Waals surface area contributed by atoms with E-state index in [-0.39, 0.29) is 70.4 Å². The van der Waals surface area contributed by atoms with Gasteiger partial charge in [-0.3, -0.25) is 4.79 Å². The van der Waals surface area contributed by atoms with Crippen LogP contribution in [0.4, 0.5) is 9.59 Å². The largest absolute Gasteiger partial charge is 0.452 e. The van der Waals surface area contributed by atoms with Crippen molar-refractivity contribution in [3.63, 3.8) is 0 Å². The molecule has 12 nitrogen and oxygen atoms in total. The van der Waals surface area contributed by atoms with E-state index in [0.717, 1.165) is 71.7 Å². The first-order valence-electron chi connectivity index (χ1n) is 17.2. The van der Waals surface area contributed by atoms with Crippen LogP contribution in [0.5, 0.6) is 0 Å². The van der Waals surface area contributed by atoms with Gasteiger partial charge in [0.25, 0.3) is 0 Å². The van der Waals surface area contributed by atoms with Crippen LogP contribution >= 0.6 is 40.5 Å². The maximum absolute atomic E-state index is 13.2. The lowest BCUT2D eigenvalue weighted by molar-refractivity contribution is -0.137.